The summed E-state index contributed by atoms with van der Waals surface area (Å²) in [4.78, 5) is 4.70. The van der Waals surface area contributed by atoms with Crippen molar-refractivity contribution in [1.29, 1.82) is 0 Å². The fraction of sp³-hybridized carbons (Fsp3) is 0.267. The van der Waals surface area contributed by atoms with Gasteiger partial charge >= 0.3 is 0 Å². The van der Waals surface area contributed by atoms with Gasteiger partial charge in [0, 0.05) is 18.0 Å². The molecular weight excluding hydrogens is 293 g/mol. The van der Waals surface area contributed by atoms with E-state index >= 15 is 0 Å². The van der Waals surface area contributed by atoms with E-state index in [1.165, 1.54) is 0 Å². The maximum Gasteiger partial charge on any atom is 0.132 e. The molecule has 0 unspecified atom stereocenters. The fourth-order valence-corrected chi connectivity index (χ4v) is 2.94. The van der Waals surface area contributed by atoms with Gasteiger partial charge in [-0.3, -0.25) is 0 Å². The van der Waals surface area contributed by atoms with Crippen molar-refractivity contribution in [1.82, 2.24) is 9.55 Å². The van der Waals surface area contributed by atoms with Gasteiger partial charge in [-0.2, -0.15) is 0 Å². The summed E-state index contributed by atoms with van der Waals surface area (Å²) >= 11 is 12.5. The monoisotopic (exact) mass is 307 g/mol. The lowest BCUT2D eigenvalue weighted by Crippen LogP contribution is -2.05. The van der Waals surface area contributed by atoms with Gasteiger partial charge in [-0.25, -0.2) is 4.98 Å². The van der Waals surface area contributed by atoms with Crippen LogP contribution in [0.1, 0.15) is 24.6 Å². The highest BCUT2D eigenvalue weighted by Gasteiger charge is 2.31. The van der Waals surface area contributed by atoms with Crippen molar-refractivity contribution in [3.05, 3.63) is 46.7 Å². The molecule has 1 aromatic carbocycles. The van der Waals surface area contributed by atoms with Gasteiger partial charge in [-0.05, 0) is 25.0 Å². The van der Waals surface area contributed by atoms with Crippen molar-refractivity contribution >= 4 is 29.0 Å². The molecule has 1 saturated carbocycles. The summed E-state index contributed by atoms with van der Waals surface area (Å²) in [5, 5.41) is 1.13. The second-order valence-corrected chi connectivity index (χ2v) is 5.79. The summed E-state index contributed by atoms with van der Waals surface area (Å²) in [6, 6.07) is 5.41. The molecule has 0 saturated heterocycles. The van der Waals surface area contributed by atoms with E-state index in [1.54, 1.807) is 12.1 Å². The number of nitrogen functional groups attached to an aromatic ring is 1. The van der Waals surface area contributed by atoms with Crippen LogP contribution < -0.4 is 5.73 Å². The number of hydrogen-bond donors (Lipinski definition) is 1. The summed E-state index contributed by atoms with van der Waals surface area (Å²) < 4.78 is 2.00. The molecule has 3 rings (SSSR count). The van der Waals surface area contributed by atoms with E-state index in [0.29, 0.717) is 39.6 Å². The first-order valence-electron chi connectivity index (χ1n) is 6.54. The first-order chi connectivity index (χ1) is 9.63. The van der Waals surface area contributed by atoms with Crippen LogP contribution in [0.5, 0.6) is 0 Å². The summed E-state index contributed by atoms with van der Waals surface area (Å²) in [5.41, 5.74) is 7.64. The van der Waals surface area contributed by atoms with E-state index < -0.39 is 0 Å². The lowest BCUT2D eigenvalue weighted by Gasteiger charge is -2.07. The Balaban J connectivity index is 2.19. The van der Waals surface area contributed by atoms with Crippen molar-refractivity contribution in [2.24, 2.45) is 0 Å². The zero-order chi connectivity index (χ0) is 14.3. The minimum Gasteiger partial charge on any atom is -0.383 e. The van der Waals surface area contributed by atoms with Gasteiger partial charge in [0.2, 0.25) is 0 Å². The minimum absolute atomic E-state index is 0.493. The van der Waals surface area contributed by atoms with Gasteiger partial charge in [0.15, 0.2) is 0 Å². The number of benzene rings is 1. The minimum atomic E-state index is 0.493. The van der Waals surface area contributed by atoms with Crippen molar-refractivity contribution in [3.63, 3.8) is 0 Å². The van der Waals surface area contributed by atoms with Crippen LogP contribution in [-0.2, 0) is 6.54 Å². The molecule has 0 aliphatic heterocycles. The van der Waals surface area contributed by atoms with Crippen LogP contribution in [0, 0.1) is 0 Å². The Kier molecular flexibility index (Phi) is 3.48. The molecule has 1 aliphatic carbocycles. The van der Waals surface area contributed by atoms with Gasteiger partial charge in [0.1, 0.15) is 17.3 Å². The number of allylic oxidation sites excluding steroid dienone is 1. The summed E-state index contributed by atoms with van der Waals surface area (Å²) in [6.45, 7) is 4.42. The first-order valence-corrected chi connectivity index (χ1v) is 7.30. The van der Waals surface area contributed by atoms with E-state index in [-0.39, 0.29) is 0 Å². The standard InChI is InChI=1S/C15H15Cl2N3/c1-2-8-20-14(18)13(19-15(20)9-6-7-9)12-10(16)4-3-5-11(12)17/h2-5,9H,1,6-8,18H2. The summed E-state index contributed by atoms with van der Waals surface area (Å²) in [5.74, 6) is 2.10. The molecule has 1 fully saturated rings. The number of anilines is 1. The summed E-state index contributed by atoms with van der Waals surface area (Å²) in [6.07, 6.45) is 4.13. The summed E-state index contributed by atoms with van der Waals surface area (Å²) in [7, 11) is 0. The largest absolute Gasteiger partial charge is 0.383 e. The maximum atomic E-state index is 6.26. The number of nitrogens with two attached hydrogens (primary N) is 1. The number of rotatable bonds is 4. The van der Waals surface area contributed by atoms with Gasteiger partial charge in [-0.1, -0.05) is 35.3 Å². The smallest absolute Gasteiger partial charge is 0.132 e. The van der Waals surface area contributed by atoms with Crippen molar-refractivity contribution in [2.45, 2.75) is 25.3 Å². The van der Waals surface area contributed by atoms with Crippen LogP contribution in [0.15, 0.2) is 30.9 Å². The highest BCUT2D eigenvalue weighted by Crippen LogP contribution is 2.44. The molecule has 0 radical (unpaired) electrons. The zero-order valence-electron chi connectivity index (χ0n) is 10.9. The Morgan fingerprint density at radius 3 is 2.55 bits per heavy atom. The number of imidazole rings is 1. The van der Waals surface area contributed by atoms with Crippen LogP contribution in [0.3, 0.4) is 0 Å². The molecule has 2 N–H and O–H groups in total. The second kappa shape index (κ2) is 5.15. The highest BCUT2D eigenvalue weighted by atomic mass is 35.5. The third-order valence-electron chi connectivity index (χ3n) is 3.49. The van der Waals surface area contributed by atoms with Gasteiger partial charge in [0.05, 0.1) is 10.0 Å². The van der Waals surface area contributed by atoms with E-state index in [0.717, 1.165) is 18.7 Å². The number of halogens is 2. The normalized spacial score (nSPS) is 14.5. The Labute approximate surface area is 128 Å². The maximum absolute atomic E-state index is 6.26. The average molecular weight is 308 g/mol. The highest BCUT2D eigenvalue weighted by molar-refractivity contribution is 6.39. The predicted octanol–water partition coefficient (Wildman–Crippen LogP) is 4.50. The van der Waals surface area contributed by atoms with Gasteiger partial charge in [0.25, 0.3) is 0 Å². The molecule has 1 aliphatic rings. The molecule has 0 spiro atoms. The third kappa shape index (κ3) is 2.21. The molecule has 20 heavy (non-hydrogen) atoms. The molecule has 104 valence electrons. The van der Waals surface area contributed by atoms with Gasteiger partial charge < -0.3 is 10.3 Å². The Morgan fingerprint density at radius 2 is 2.00 bits per heavy atom. The Morgan fingerprint density at radius 1 is 1.35 bits per heavy atom. The average Bonchev–Trinajstić information content (AvgIpc) is 3.20. The quantitative estimate of drug-likeness (QED) is 0.845. The molecule has 5 heteroatoms. The van der Waals surface area contributed by atoms with Crippen LogP contribution in [0.2, 0.25) is 10.0 Å². The molecule has 3 nitrogen and oxygen atoms in total. The lowest BCUT2D eigenvalue weighted by molar-refractivity contribution is 0.750. The van der Waals surface area contributed by atoms with Gasteiger partial charge in [-0.15, -0.1) is 6.58 Å². The molecule has 0 bridgehead atoms. The van der Waals surface area contributed by atoms with E-state index in [1.807, 2.05) is 16.7 Å². The number of nitrogens with zero attached hydrogens (tertiary/aromatic N) is 2. The Bertz CT molecular complexity index is 652. The molecule has 0 amide bonds. The first kappa shape index (κ1) is 13.5. The molecule has 2 aromatic rings. The van der Waals surface area contributed by atoms with E-state index in [4.69, 9.17) is 33.9 Å². The molecule has 0 atom stereocenters. The SMILES string of the molecule is C=CCn1c(C2CC2)nc(-c2c(Cl)cccc2Cl)c1N. The van der Waals surface area contributed by atoms with Crippen molar-refractivity contribution < 1.29 is 0 Å². The van der Waals surface area contributed by atoms with Crippen LogP contribution >= 0.6 is 23.2 Å². The zero-order valence-corrected chi connectivity index (χ0v) is 12.5. The molecule has 1 heterocycles. The Hall–Kier alpha value is -1.45. The second-order valence-electron chi connectivity index (χ2n) is 4.97. The fourth-order valence-electron chi connectivity index (χ4n) is 2.37. The van der Waals surface area contributed by atoms with Crippen LogP contribution in [-0.4, -0.2) is 9.55 Å². The number of hydrogen-bond acceptors (Lipinski definition) is 2. The van der Waals surface area contributed by atoms with Crippen LogP contribution in [0.25, 0.3) is 11.3 Å². The van der Waals surface area contributed by atoms with Crippen molar-refractivity contribution in [3.8, 4) is 11.3 Å². The lowest BCUT2D eigenvalue weighted by atomic mass is 10.1. The van der Waals surface area contributed by atoms with Crippen LogP contribution in [0.4, 0.5) is 5.82 Å². The third-order valence-corrected chi connectivity index (χ3v) is 4.12. The predicted molar refractivity (Wildman–Crippen MR) is 84.3 cm³/mol. The molecular formula is C15H15Cl2N3. The molecule has 1 aromatic heterocycles. The van der Waals surface area contributed by atoms with Crippen molar-refractivity contribution in [2.75, 3.05) is 5.73 Å². The van der Waals surface area contributed by atoms with E-state index in [9.17, 15) is 0 Å². The topological polar surface area (TPSA) is 43.8 Å². The number of aromatic nitrogens is 2. The van der Waals surface area contributed by atoms with E-state index in [2.05, 4.69) is 6.58 Å².